The van der Waals surface area contributed by atoms with Crippen LogP contribution in [0.1, 0.15) is 31.1 Å². The molecule has 0 saturated carbocycles. The van der Waals surface area contributed by atoms with E-state index in [-0.39, 0.29) is 10.8 Å². The summed E-state index contributed by atoms with van der Waals surface area (Å²) in [5.41, 5.74) is 1.37. The number of rotatable bonds is 8. The Balaban J connectivity index is 1.42. The highest BCUT2D eigenvalue weighted by atomic mass is 32.2. The third-order valence-electron chi connectivity index (χ3n) is 5.95. The molecular weight excluding hydrogens is 472 g/mol. The number of fused-ring (bicyclic) bond motifs is 1. The van der Waals surface area contributed by atoms with Crippen LogP contribution in [0.5, 0.6) is 5.75 Å². The summed E-state index contributed by atoms with van der Waals surface area (Å²) in [4.78, 5) is 22.0. The lowest BCUT2D eigenvalue weighted by molar-refractivity contribution is 0.0746. The van der Waals surface area contributed by atoms with E-state index in [0.29, 0.717) is 51.4 Å². The number of piperazine rings is 1. The number of thiazole rings is 1. The van der Waals surface area contributed by atoms with Crippen LogP contribution < -0.4 is 9.64 Å². The van der Waals surface area contributed by atoms with Gasteiger partial charge in [-0.05, 0) is 43.3 Å². The zero-order valence-electron chi connectivity index (χ0n) is 19.7. The second kappa shape index (κ2) is 10.3. The number of anilines is 1. The highest BCUT2D eigenvalue weighted by Gasteiger charge is 2.26. The highest BCUT2D eigenvalue weighted by Crippen LogP contribution is 2.34. The molecule has 1 aliphatic heterocycles. The summed E-state index contributed by atoms with van der Waals surface area (Å²) in [7, 11) is -3.54. The zero-order valence-corrected chi connectivity index (χ0v) is 21.4. The van der Waals surface area contributed by atoms with Gasteiger partial charge in [0.2, 0.25) is 10.0 Å². The molecule has 0 bridgehead atoms. The van der Waals surface area contributed by atoms with Crippen LogP contribution in [0.4, 0.5) is 5.13 Å². The Hall–Kier alpha value is -2.69. The Morgan fingerprint density at radius 3 is 2.32 bits per heavy atom. The van der Waals surface area contributed by atoms with E-state index in [1.54, 1.807) is 23.5 Å². The number of hydrogen-bond donors (Lipinski definition) is 0. The topological polar surface area (TPSA) is 83.0 Å². The SMILES string of the molecule is CCOc1cccc2sc(N3CCN(C(=O)c4ccc(S(=O)(=O)N(CC)CC)cc4)CC3)nc12. The number of nitrogens with zero attached hydrogens (tertiary/aromatic N) is 4. The Kier molecular flexibility index (Phi) is 7.39. The minimum absolute atomic E-state index is 0.0885. The molecule has 4 rings (SSSR count). The Bertz CT molecular complexity index is 1250. The first-order valence-electron chi connectivity index (χ1n) is 11.6. The molecule has 1 saturated heterocycles. The lowest BCUT2D eigenvalue weighted by atomic mass is 10.2. The van der Waals surface area contributed by atoms with Gasteiger partial charge < -0.3 is 14.5 Å². The first kappa shape index (κ1) is 24.4. The van der Waals surface area contributed by atoms with E-state index < -0.39 is 10.0 Å². The number of ether oxygens (including phenoxy) is 1. The number of para-hydroxylation sites is 1. The van der Waals surface area contributed by atoms with Gasteiger partial charge >= 0.3 is 0 Å². The number of hydrogen-bond acceptors (Lipinski definition) is 7. The molecule has 3 aromatic rings. The normalized spacial score (nSPS) is 14.7. The van der Waals surface area contributed by atoms with Crippen LogP contribution in [0.2, 0.25) is 0 Å². The third kappa shape index (κ3) is 4.75. The maximum absolute atomic E-state index is 13.0. The van der Waals surface area contributed by atoms with Gasteiger partial charge in [-0.25, -0.2) is 13.4 Å². The van der Waals surface area contributed by atoms with Gasteiger partial charge in [0.05, 0.1) is 16.2 Å². The average Bonchev–Trinajstić information content (AvgIpc) is 3.30. The molecule has 2 aromatic carbocycles. The molecule has 10 heteroatoms. The van der Waals surface area contributed by atoms with Crippen molar-refractivity contribution in [1.82, 2.24) is 14.2 Å². The van der Waals surface area contributed by atoms with Gasteiger partial charge in [0, 0.05) is 44.8 Å². The third-order valence-corrected chi connectivity index (χ3v) is 9.10. The fourth-order valence-electron chi connectivity index (χ4n) is 4.08. The standard InChI is InChI=1S/C24H30N4O4S2/c1-4-28(5-2)34(30,31)19-12-10-18(11-13-19)23(29)26-14-16-27(17-15-26)24-25-22-20(32-6-3)8-7-9-21(22)33-24/h7-13H,4-6,14-17H2,1-3H3. The van der Waals surface area contributed by atoms with Crippen molar-refractivity contribution in [2.75, 3.05) is 50.8 Å². The molecule has 0 spiro atoms. The van der Waals surface area contributed by atoms with Gasteiger partial charge in [0.25, 0.3) is 5.91 Å². The number of carbonyl (C=O) groups excluding carboxylic acids is 1. The van der Waals surface area contributed by atoms with E-state index >= 15 is 0 Å². The van der Waals surface area contributed by atoms with E-state index in [9.17, 15) is 13.2 Å². The first-order chi connectivity index (χ1) is 16.4. The number of amides is 1. The van der Waals surface area contributed by atoms with E-state index in [0.717, 1.165) is 21.1 Å². The Morgan fingerprint density at radius 1 is 1.03 bits per heavy atom. The molecule has 0 radical (unpaired) electrons. The van der Waals surface area contributed by atoms with Gasteiger partial charge in [-0.3, -0.25) is 4.79 Å². The van der Waals surface area contributed by atoms with Crippen LogP contribution in [-0.4, -0.2) is 74.4 Å². The Morgan fingerprint density at radius 2 is 1.71 bits per heavy atom. The van der Waals surface area contributed by atoms with Crippen molar-refractivity contribution < 1.29 is 17.9 Å². The van der Waals surface area contributed by atoms with Crippen molar-refractivity contribution >= 4 is 42.6 Å². The van der Waals surface area contributed by atoms with Crippen LogP contribution in [0.3, 0.4) is 0 Å². The molecular formula is C24H30N4O4S2. The van der Waals surface area contributed by atoms with Crippen LogP contribution in [0.15, 0.2) is 47.4 Å². The summed E-state index contributed by atoms with van der Waals surface area (Å²) in [5.74, 6) is 0.706. The van der Waals surface area contributed by atoms with Crippen molar-refractivity contribution in [2.45, 2.75) is 25.7 Å². The summed E-state index contributed by atoms with van der Waals surface area (Å²) < 4.78 is 33.6. The smallest absolute Gasteiger partial charge is 0.253 e. The van der Waals surface area contributed by atoms with Crippen LogP contribution in [-0.2, 0) is 10.0 Å². The van der Waals surface area contributed by atoms with Crippen molar-refractivity contribution in [3.63, 3.8) is 0 Å². The van der Waals surface area contributed by atoms with Crippen LogP contribution in [0.25, 0.3) is 10.2 Å². The molecule has 1 fully saturated rings. The quantitative estimate of drug-likeness (QED) is 0.467. The zero-order chi connectivity index (χ0) is 24.3. The maximum Gasteiger partial charge on any atom is 0.253 e. The fourth-order valence-corrected chi connectivity index (χ4v) is 6.58. The highest BCUT2D eigenvalue weighted by molar-refractivity contribution is 7.89. The lowest BCUT2D eigenvalue weighted by Gasteiger charge is -2.34. The summed E-state index contributed by atoms with van der Waals surface area (Å²) in [6, 6.07) is 12.2. The van der Waals surface area contributed by atoms with Gasteiger partial charge in [0.15, 0.2) is 5.13 Å². The first-order valence-corrected chi connectivity index (χ1v) is 13.8. The summed E-state index contributed by atoms with van der Waals surface area (Å²) in [5, 5.41) is 0.931. The molecule has 0 atom stereocenters. The number of sulfonamides is 1. The predicted octanol–water partition coefficient (Wildman–Crippen LogP) is 3.69. The van der Waals surface area contributed by atoms with Crippen LogP contribution in [0, 0.1) is 0 Å². The number of aromatic nitrogens is 1. The molecule has 1 amide bonds. The maximum atomic E-state index is 13.0. The summed E-state index contributed by atoms with van der Waals surface area (Å²) >= 11 is 1.63. The molecule has 2 heterocycles. The average molecular weight is 503 g/mol. The number of carbonyl (C=O) groups is 1. The minimum atomic E-state index is -3.54. The molecule has 0 aliphatic carbocycles. The molecule has 8 nitrogen and oxygen atoms in total. The Labute approximate surface area is 204 Å². The molecule has 1 aromatic heterocycles. The number of benzene rings is 2. The van der Waals surface area contributed by atoms with Gasteiger partial charge in [-0.15, -0.1) is 0 Å². The largest absolute Gasteiger partial charge is 0.492 e. The second-order valence-corrected chi connectivity index (χ2v) is 10.9. The second-order valence-electron chi connectivity index (χ2n) is 7.93. The molecule has 182 valence electrons. The molecule has 34 heavy (non-hydrogen) atoms. The molecule has 0 unspecified atom stereocenters. The monoisotopic (exact) mass is 502 g/mol. The minimum Gasteiger partial charge on any atom is -0.492 e. The van der Waals surface area contributed by atoms with E-state index in [1.165, 1.54) is 16.4 Å². The van der Waals surface area contributed by atoms with Gasteiger partial charge in [-0.1, -0.05) is 31.3 Å². The molecule has 0 N–H and O–H groups in total. The van der Waals surface area contributed by atoms with Crippen molar-refractivity contribution in [3.8, 4) is 5.75 Å². The van der Waals surface area contributed by atoms with E-state index in [1.807, 2.05) is 43.9 Å². The summed E-state index contributed by atoms with van der Waals surface area (Å²) in [6.07, 6.45) is 0. The predicted molar refractivity (Wildman–Crippen MR) is 135 cm³/mol. The van der Waals surface area contributed by atoms with Gasteiger partial charge in [0.1, 0.15) is 11.3 Å². The van der Waals surface area contributed by atoms with Gasteiger partial charge in [-0.2, -0.15) is 4.31 Å². The van der Waals surface area contributed by atoms with Crippen molar-refractivity contribution in [3.05, 3.63) is 48.0 Å². The van der Waals surface area contributed by atoms with Crippen molar-refractivity contribution in [2.24, 2.45) is 0 Å². The van der Waals surface area contributed by atoms with Crippen LogP contribution >= 0.6 is 11.3 Å². The summed E-state index contributed by atoms with van der Waals surface area (Å²) in [6.45, 7) is 9.51. The lowest BCUT2D eigenvalue weighted by Crippen LogP contribution is -2.48. The van der Waals surface area contributed by atoms with E-state index in [4.69, 9.17) is 9.72 Å². The van der Waals surface area contributed by atoms with E-state index in [2.05, 4.69) is 4.90 Å². The fraction of sp³-hybridized carbons (Fsp3) is 0.417. The molecule has 1 aliphatic rings. The van der Waals surface area contributed by atoms with Crippen molar-refractivity contribution in [1.29, 1.82) is 0 Å².